The first-order valence-electron chi connectivity index (χ1n) is 10.1. The van der Waals surface area contributed by atoms with Crippen LogP contribution in [0.2, 0.25) is 0 Å². The molecule has 0 aliphatic rings. The van der Waals surface area contributed by atoms with Gasteiger partial charge >= 0.3 is 0 Å². The van der Waals surface area contributed by atoms with Crippen LogP contribution in [-0.4, -0.2) is 40.5 Å². The smallest absolute Gasteiger partial charge is 0.296 e. The fourth-order valence-corrected chi connectivity index (χ4v) is 3.89. The molecule has 172 valence electrons. The molecule has 0 aromatic carbocycles. The number of aromatic nitrogens is 6. The van der Waals surface area contributed by atoms with E-state index in [1.54, 1.807) is 36.4 Å². The zero-order valence-electron chi connectivity index (χ0n) is 18.5. The Balaban J connectivity index is 1.85. The number of aromatic hydroxyl groups is 1. The molecule has 0 saturated carbocycles. The molecule has 12 heteroatoms. The number of carbonyl (C=O) groups excluding carboxylic acids is 1. The first-order valence-corrected chi connectivity index (χ1v) is 10.1. The fraction of sp³-hybridized carbons (Fsp3) is 0.227. The average molecular weight is 460 g/mol. The lowest BCUT2D eigenvalue weighted by molar-refractivity contribution is 0.101. The molecule has 1 amide bonds. The molecular formula is C22H20N8O4. The predicted molar refractivity (Wildman–Crippen MR) is 118 cm³/mol. The van der Waals surface area contributed by atoms with Gasteiger partial charge in [0.15, 0.2) is 5.69 Å². The lowest BCUT2D eigenvalue weighted by Gasteiger charge is -2.25. The predicted octanol–water partition coefficient (Wildman–Crippen LogP) is 1.66. The molecule has 0 spiro atoms. The lowest BCUT2D eigenvalue weighted by Crippen LogP contribution is -2.29. The summed E-state index contributed by atoms with van der Waals surface area (Å²) in [6.07, 6.45) is 8.98. The van der Waals surface area contributed by atoms with Crippen molar-refractivity contribution in [1.82, 2.24) is 29.5 Å². The normalized spacial score (nSPS) is 12.6. The van der Waals surface area contributed by atoms with Crippen molar-refractivity contribution in [1.29, 1.82) is 5.26 Å². The Morgan fingerprint density at radius 3 is 2.74 bits per heavy atom. The summed E-state index contributed by atoms with van der Waals surface area (Å²) in [5.41, 5.74) is 0.813. The summed E-state index contributed by atoms with van der Waals surface area (Å²) in [5.74, 6) is -2.33. The molecule has 4 rings (SSSR count). The van der Waals surface area contributed by atoms with Crippen molar-refractivity contribution in [2.24, 2.45) is 14.1 Å². The van der Waals surface area contributed by atoms with E-state index in [9.17, 15) is 20.0 Å². The van der Waals surface area contributed by atoms with Crippen molar-refractivity contribution in [3.63, 3.8) is 0 Å². The zero-order valence-corrected chi connectivity index (χ0v) is 18.5. The number of nitriles is 1. The highest BCUT2D eigenvalue weighted by atomic mass is 16.5. The second-order valence-corrected chi connectivity index (χ2v) is 7.69. The van der Waals surface area contributed by atoms with Crippen LogP contribution in [0.5, 0.6) is 5.75 Å². The van der Waals surface area contributed by atoms with E-state index in [1.165, 1.54) is 30.3 Å². The van der Waals surface area contributed by atoms with E-state index in [1.807, 2.05) is 6.92 Å². The van der Waals surface area contributed by atoms with Crippen molar-refractivity contribution >= 4 is 11.6 Å². The second kappa shape index (κ2) is 8.99. The summed E-state index contributed by atoms with van der Waals surface area (Å²) in [6.45, 7) is 1.82. The molecule has 0 radical (unpaired) electrons. The van der Waals surface area contributed by atoms with Crippen LogP contribution in [0.3, 0.4) is 0 Å². The molecule has 4 aromatic rings. The van der Waals surface area contributed by atoms with E-state index in [2.05, 4.69) is 36.1 Å². The SMILES string of the molecule is C[C@@H](c1nc(C(=O)Nc2cnoc2)c(O)c(=O)n1C)[C@H](c1cnn(C)c1)c1ccncc1C#N. The van der Waals surface area contributed by atoms with Gasteiger partial charge < -0.3 is 14.9 Å². The van der Waals surface area contributed by atoms with Crippen molar-refractivity contribution in [2.45, 2.75) is 18.8 Å². The van der Waals surface area contributed by atoms with Crippen molar-refractivity contribution in [2.75, 3.05) is 5.32 Å². The number of aryl methyl sites for hydroxylation is 1. The summed E-state index contributed by atoms with van der Waals surface area (Å²) in [6, 6.07) is 3.88. The van der Waals surface area contributed by atoms with Gasteiger partial charge in [-0.25, -0.2) is 4.98 Å². The summed E-state index contributed by atoms with van der Waals surface area (Å²) >= 11 is 0. The number of hydrogen-bond donors (Lipinski definition) is 2. The molecule has 34 heavy (non-hydrogen) atoms. The Morgan fingerprint density at radius 1 is 1.29 bits per heavy atom. The standard InChI is InChI=1S/C22H20N8O4/c1-12(17(14-8-25-29(2)10-14)16-4-5-24-7-13(16)6-23)20-28-18(19(31)22(33)30(20)3)21(32)27-15-9-26-34-11-15/h4-5,7-12,17,31H,1-3H3,(H,27,32)/t12-,17-/m1/s1. The molecule has 2 atom stereocenters. The van der Waals surface area contributed by atoms with Gasteiger partial charge in [0.2, 0.25) is 5.75 Å². The van der Waals surface area contributed by atoms with E-state index >= 15 is 0 Å². The highest BCUT2D eigenvalue weighted by Crippen LogP contribution is 2.38. The van der Waals surface area contributed by atoms with Crippen LogP contribution < -0.4 is 10.9 Å². The first-order chi connectivity index (χ1) is 16.3. The Kier molecular flexibility index (Phi) is 5.92. The summed E-state index contributed by atoms with van der Waals surface area (Å²) in [4.78, 5) is 34.0. The number of anilines is 1. The van der Waals surface area contributed by atoms with Crippen LogP contribution in [0.15, 0.2) is 52.6 Å². The molecule has 0 aliphatic carbocycles. The van der Waals surface area contributed by atoms with Gasteiger partial charge in [-0.15, -0.1) is 0 Å². The maximum absolute atomic E-state index is 12.8. The van der Waals surface area contributed by atoms with Gasteiger partial charge in [0.05, 0.1) is 18.0 Å². The highest BCUT2D eigenvalue weighted by Gasteiger charge is 2.31. The Bertz CT molecular complexity index is 1450. The fourth-order valence-electron chi connectivity index (χ4n) is 3.89. The van der Waals surface area contributed by atoms with Gasteiger partial charge in [0.25, 0.3) is 11.5 Å². The lowest BCUT2D eigenvalue weighted by atomic mass is 9.81. The minimum atomic E-state index is -0.800. The van der Waals surface area contributed by atoms with E-state index in [0.29, 0.717) is 11.1 Å². The topological polar surface area (TPSA) is 165 Å². The molecular weight excluding hydrogens is 440 g/mol. The van der Waals surface area contributed by atoms with Gasteiger partial charge in [-0.1, -0.05) is 12.1 Å². The van der Waals surface area contributed by atoms with E-state index in [-0.39, 0.29) is 11.5 Å². The molecule has 0 saturated heterocycles. The van der Waals surface area contributed by atoms with Crippen LogP contribution in [0, 0.1) is 11.3 Å². The number of pyridine rings is 1. The average Bonchev–Trinajstić information content (AvgIpc) is 3.50. The first kappa shape index (κ1) is 22.4. The van der Waals surface area contributed by atoms with Crippen molar-refractivity contribution in [3.8, 4) is 11.8 Å². The number of nitrogens with zero attached hydrogens (tertiary/aromatic N) is 7. The third kappa shape index (κ3) is 4.02. The van der Waals surface area contributed by atoms with Crippen molar-refractivity contribution < 1.29 is 14.4 Å². The van der Waals surface area contributed by atoms with Gasteiger partial charge in [-0.05, 0) is 17.2 Å². The quantitative estimate of drug-likeness (QED) is 0.435. The maximum Gasteiger partial charge on any atom is 0.296 e. The largest absolute Gasteiger partial charge is 0.501 e. The summed E-state index contributed by atoms with van der Waals surface area (Å²) < 4.78 is 7.50. The number of hydrogen-bond acceptors (Lipinski definition) is 9. The Hall–Kier alpha value is -4.79. The van der Waals surface area contributed by atoms with Crippen LogP contribution in [0.25, 0.3) is 0 Å². The van der Waals surface area contributed by atoms with Gasteiger partial charge in [-0.2, -0.15) is 10.4 Å². The van der Waals surface area contributed by atoms with Gasteiger partial charge in [-0.3, -0.25) is 23.8 Å². The highest BCUT2D eigenvalue weighted by molar-refractivity contribution is 6.04. The van der Waals surface area contributed by atoms with E-state index in [4.69, 9.17) is 0 Å². The Morgan fingerprint density at radius 2 is 2.09 bits per heavy atom. The van der Waals surface area contributed by atoms with Crippen LogP contribution in [-0.2, 0) is 14.1 Å². The van der Waals surface area contributed by atoms with Crippen LogP contribution in [0.1, 0.15) is 51.8 Å². The molecule has 0 bridgehead atoms. The van der Waals surface area contributed by atoms with Gasteiger partial charge in [0, 0.05) is 44.5 Å². The third-order valence-corrected chi connectivity index (χ3v) is 5.51. The third-order valence-electron chi connectivity index (χ3n) is 5.51. The van der Waals surface area contributed by atoms with Crippen LogP contribution >= 0.6 is 0 Å². The molecule has 4 aromatic heterocycles. The van der Waals surface area contributed by atoms with Gasteiger partial charge in [0.1, 0.15) is 23.8 Å². The molecule has 0 aliphatic heterocycles. The van der Waals surface area contributed by atoms with E-state index < -0.39 is 34.7 Å². The zero-order chi connectivity index (χ0) is 24.4. The molecule has 0 unspecified atom stereocenters. The Labute approximate surface area is 193 Å². The second-order valence-electron chi connectivity index (χ2n) is 7.69. The number of nitrogens with one attached hydrogen (secondary N) is 1. The molecule has 0 fully saturated rings. The van der Waals surface area contributed by atoms with Crippen molar-refractivity contribution in [3.05, 3.63) is 81.9 Å². The monoisotopic (exact) mass is 460 g/mol. The molecule has 4 heterocycles. The minimum absolute atomic E-state index is 0.229. The summed E-state index contributed by atoms with van der Waals surface area (Å²) in [5, 5.41) is 30.3. The maximum atomic E-state index is 12.8. The molecule has 12 nitrogen and oxygen atoms in total. The number of carbonyl (C=O) groups is 1. The van der Waals surface area contributed by atoms with E-state index in [0.717, 1.165) is 5.56 Å². The minimum Gasteiger partial charge on any atom is -0.501 e. The summed E-state index contributed by atoms with van der Waals surface area (Å²) in [7, 11) is 3.23. The number of amides is 1. The molecule has 2 N–H and O–H groups in total. The van der Waals surface area contributed by atoms with Crippen LogP contribution in [0.4, 0.5) is 5.69 Å². The number of rotatable bonds is 6.